The third-order valence-electron chi connectivity index (χ3n) is 4.03. The van der Waals surface area contributed by atoms with Gasteiger partial charge in [0.25, 0.3) is 5.97 Å². The van der Waals surface area contributed by atoms with Crippen LogP contribution in [0.4, 0.5) is 5.82 Å². The van der Waals surface area contributed by atoms with Gasteiger partial charge in [-0.25, -0.2) is 9.78 Å². The second-order valence-corrected chi connectivity index (χ2v) is 6.55. The summed E-state index contributed by atoms with van der Waals surface area (Å²) < 4.78 is 0. The van der Waals surface area contributed by atoms with Crippen molar-refractivity contribution in [1.29, 1.82) is 0 Å². The fourth-order valence-electron chi connectivity index (χ4n) is 2.73. The van der Waals surface area contributed by atoms with E-state index in [0.717, 1.165) is 26.1 Å². The number of pyridine rings is 1. The molecule has 2 aliphatic rings. The van der Waals surface area contributed by atoms with Gasteiger partial charge < -0.3 is 20.4 Å². The van der Waals surface area contributed by atoms with Crippen LogP contribution < -0.4 is 5.32 Å². The number of aliphatic carboxylic acids is 1. The molecule has 1 saturated heterocycles. The zero-order valence-electron chi connectivity index (χ0n) is 13.5. The molecule has 0 aromatic carbocycles. The van der Waals surface area contributed by atoms with Crippen molar-refractivity contribution in [3.8, 4) is 0 Å². The molecule has 3 N–H and O–H groups in total. The predicted molar refractivity (Wildman–Crippen MR) is 90.7 cm³/mol. The number of aromatic nitrogens is 1. The number of hydrogen-bond donors (Lipinski definition) is 3. The number of hydrogen-bond acceptors (Lipinski definition) is 5. The van der Waals surface area contributed by atoms with Crippen LogP contribution in [0.2, 0.25) is 5.02 Å². The first-order valence-corrected chi connectivity index (χ1v) is 8.31. The first-order valence-electron chi connectivity index (χ1n) is 7.93. The predicted octanol–water partition coefficient (Wildman–Crippen LogP) is 2.42. The second-order valence-electron chi connectivity index (χ2n) is 6.14. The molecule has 1 aromatic rings. The van der Waals surface area contributed by atoms with Gasteiger partial charge in [0.1, 0.15) is 5.82 Å². The van der Waals surface area contributed by atoms with Crippen molar-refractivity contribution in [3.05, 3.63) is 22.8 Å². The lowest BCUT2D eigenvalue weighted by Crippen LogP contribution is -2.25. The van der Waals surface area contributed by atoms with E-state index in [-0.39, 0.29) is 5.56 Å². The van der Waals surface area contributed by atoms with Crippen LogP contribution in [0.15, 0.2) is 12.3 Å². The highest BCUT2D eigenvalue weighted by molar-refractivity contribution is 6.33. The van der Waals surface area contributed by atoms with Crippen molar-refractivity contribution >= 4 is 29.4 Å². The number of nitrogens with one attached hydrogen (secondary N) is 1. The molecular formula is C16H22ClN3O4. The van der Waals surface area contributed by atoms with E-state index >= 15 is 0 Å². The summed E-state index contributed by atoms with van der Waals surface area (Å²) in [6, 6.07) is 2.27. The van der Waals surface area contributed by atoms with Gasteiger partial charge in [-0.05, 0) is 37.8 Å². The van der Waals surface area contributed by atoms with Crippen molar-refractivity contribution in [3.63, 3.8) is 0 Å². The molecule has 1 unspecified atom stereocenters. The van der Waals surface area contributed by atoms with Crippen LogP contribution in [-0.4, -0.2) is 57.7 Å². The Kier molecular flexibility index (Phi) is 6.39. The molecule has 3 rings (SSSR count). The number of nitrogens with zero attached hydrogens (tertiary/aromatic N) is 2. The summed E-state index contributed by atoms with van der Waals surface area (Å²) in [4.78, 5) is 26.5. The number of carbonyl (C=O) groups is 2. The van der Waals surface area contributed by atoms with Crippen LogP contribution in [0.3, 0.4) is 0 Å². The van der Waals surface area contributed by atoms with Crippen molar-refractivity contribution in [2.45, 2.75) is 32.2 Å². The van der Waals surface area contributed by atoms with E-state index in [1.165, 1.54) is 38.1 Å². The number of halogens is 1. The van der Waals surface area contributed by atoms with E-state index in [0.29, 0.717) is 16.8 Å². The number of aromatic carboxylic acids is 1. The van der Waals surface area contributed by atoms with E-state index in [4.69, 9.17) is 26.6 Å². The Morgan fingerprint density at radius 2 is 2.04 bits per heavy atom. The van der Waals surface area contributed by atoms with E-state index < -0.39 is 11.9 Å². The molecule has 1 aliphatic heterocycles. The number of anilines is 1. The lowest BCUT2D eigenvalue weighted by atomic mass is 10.1. The van der Waals surface area contributed by atoms with Crippen LogP contribution in [0.1, 0.15) is 36.5 Å². The van der Waals surface area contributed by atoms with Crippen molar-refractivity contribution < 1.29 is 19.8 Å². The zero-order valence-corrected chi connectivity index (χ0v) is 14.3. The summed E-state index contributed by atoms with van der Waals surface area (Å²) in [6.45, 7) is 4.25. The standard InChI is InChI=1S/C14H18ClN3O2.C2H4O2/c15-12-5-10(14(19)20)7-17-13(12)16-6-9-3-4-18(8-9)11-1-2-11;1-2(3)4/h5,7,9,11H,1-4,6,8H2,(H,16,17)(H,19,20);1H3,(H,3,4). The van der Waals surface area contributed by atoms with Crippen molar-refractivity contribution in [2.24, 2.45) is 5.92 Å². The molecule has 132 valence electrons. The smallest absolute Gasteiger partial charge is 0.337 e. The van der Waals surface area contributed by atoms with Gasteiger partial charge in [0.05, 0.1) is 10.6 Å². The number of likely N-dealkylation sites (tertiary alicyclic amines) is 1. The topological polar surface area (TPSA) is 103 Å². The molecule has 1 atom stereocenters. The molecule has 0 radical (unpaired) electrons. The molecule has 1 aromatic heterocycles. The molecule has 8 heteroatoms. The molecule has 2 fully saturated rings. The first kappa shape index (κ1) is 18.5. The van der Waals surface area contributed by atoms with Crippen molar-refractivity contribution in [1.82, 2.24) is 9.88 Å². The molecule has 0 bridgehead atoms. The maximum atomic E-state index is 10.8. The Balaban J connectivity index is 0.000000471. The SMILES string of the molecule is CC(=O)O.O=C(O)c1cnc(NCC2CCN(C3CC3)C2)c(Cl)c1. The number of carboxylic acids is 2. The molecule has 0 spiro atoms. The fourth-order valence-corrected chi connectivity index (χ4v) is 2.96. The van der Waals surface area contributed by atoms with E-state index in [9.17, 15) is 4.79 Å². The Labute approximate surface area is 145 Å². The Morgan fingerprint density at radius 1 is 1.38 bits per heavy atom. The van der Waals surface area contributed by atoms with Gasteiger partial charge in [-0.2, -0.15) is 0 Å². The maximum absolute atomic E-state index is 10.8. The lowest BCUT2D eigenvalue weighted by molar-refractivity contribution is -0.134. The maximum Gasteiger partial charge on any atom is 0.337 e. The minimum Gasteiger partial charge on any atom is -0.481 e. The summed E-state index contributed by atoms with van der Waals surface area (Å²) in [7, 11) is 0. The highest BCUT2D eigenvalue weighted by Crippen LogP contribution is 2.32. The molecule has 1 aliphatic carbocycles. The zero-order chi connectivity index (χ0) is 17.7. The van der Waals surface area contributed by atoms with Gasteiger partial charge in [0.15, 0.2) is 0 Å². The van der Waals surface area contributed by atoms with Gasteiger partial charge in [-0.1, -0.05) is 11.6 Å². The number of carboxylic acid groups (broad SMARTS) is 2. The third-order valence-corrected chi connectivity index (χ3v) is 4.31. The van der Waals surface area contributed by atoms with Crippen LogP contribution in [0, 0.1) is 5.92 Å². The third kappa shape index (κ3) is 5.65. The van der Waals surface area contributed by atoms with Crippen LogP contribution in [0.25, 0.3) is 0 Å². The second kappa shape index (κ2) is 8.30. The molecule has 1 saturated carbocycles. The van der Waals surface area contributed by atoms with Crippen LogP contribution in [0.5, 0.6) is 0 Å². The van der Waals surface area contributed by atoms with Gasteiger partial charge in [-0.3, -0.25) is 4.79 Å². The van der Waals surface area contributed by atoms with E-state index in [1.54, 1.807) is 0 Å². The molecule has 24 heavy (non-hydrogen) atoms. The summed E-state index contributed by atoms with van der Waals surface area (Å²) >= 11 is 6.05. The minimum atomic E-state index is -1.01. The highest BCUT2D eigenvalue weighted by Gasteiger charge is 2.34. The van der Waals surface area contributed by atoms with Gasteiger partial charge in [0.2, 0.25) is 0 Å². The van der Waals surface area contributed by atoms with E-state index in [2.05, 4.69) is 15.2 Å². The largest absolute Gasteiger partial charge is 0.481 e. The highest BCUT2D eigenvalue weighted by atomic mass is 35.5. The van der Waals surface area contributed by atoms with E-state index in [1.807, 2.05) is 0 Å². The normalized spacial score (nSPS) is 20.2. The van der Waals surface area contributed by atoms with Gasteiger partial charge in [0, 0.05) is 32.3 Å². The monoisotopic (exact) mass is 355 g/mol. The molecule has 7 nitrogen and oxygen atoms in total. The quantitative estimate of drug-likeness (QED) is 0.745. The van der Waals surface area contributed by atoms with Crippen molar-refractivity contribution in [2.75, 3.05) is 25.0 Å². The summed E-state index contributed by atoms with van der Waals surface area (Å²) in [6.07, 6.45) is 5.24. The molecule has 2 heterocycles. The summed E-state index contributed by atoms with van der Waals surface area (Å²) in [5.74, 6) is -0.657. The Hall–Kier alpha value is -1.86. The average molecular weight is 356 g/mol. The summed E-state index contributed by atoms with van der Waals surface area (Å²) in [5.41, 5.74) is 0.112. The number of rotatable bonds is 5. The first-order chi connectivity index (χ1) is 11.4. The minimum absolute atomic E-state index is 0.112. The summed E-state index contributed by atoms with van der Waals surface area (Å²) in [5, 5.41) is 19.9. The van der Waals surface area contributed by atoms with Gasteiger partial charge >= 0.3 is 5.97 Å². The van der Waals surface area contributed by atoms with Crippen LogP contribution in [-0.2, 0) is 4.79 Å². The van der Waals surface area contributed by atoms with Gasteiger partial charge in [-0.15, -0.1) is 0 Å². The van der Waals surface area contributed by atoms with Crippen LogP contribution >= 0.6 is 11.6 Å². The molecule has 0 amide bonds. The average Bonchev–Trinajstić information content (AvgIpc) is 3.24. The lowest BCUT2D eigenvalue weighted by Gasteiger charge is -2.15. The fraction of sp³-hybridized carbons (Fsp3) is 0.562. The Bertz CT molecular complexity index is 603. The molecular weight excluding hydrogens is 334 g/mol. The Morgan fingerprint density at radius 3 is 2.58 bits per heavy atom.